The van der Waals surface area contributed by atoms with Gasteiger partial charge >= 0.3 is 5.97 Å². The third-order valence-corrected chi connectivity index (χ3v) is 4.47. The predicted octanol–water partition coefficient (Wildman–Crippen LogP) is 1.71. The molecule has 0 aromatic heterocycles. The Morgan fingerprint density at radius 1 is 1.03 bits per heavy atom. The molecule has 0 aliphatic carbocycles. The van der Waals surface area contributed by atoms with Crippen LogP contribution in [-0.2, 0) is 20.7 Å². The van der Waals surface area contributed by atoms with Crippen LogP contribution in [0.3, 0.4) is 0 Å². The molecule has 7 nitrogen and oxygen atoms in total. The van der Waals surface area contributed by atoms with Gasteiger partial charge in [0.25, 0.3) is 17.7 Å². The highest BCUT2D eigenvalue weighted by atomic mass is 19.1. The van der Waals surface area contributed by atoms with Crippen molar-refractivity contribution >= 4 is 23.7 Å². The summed E-state index contributed by atoms with van der Waals surface area (Å²) in [7, 11) is 0. The largest absolute Gasteiger partial charge is 0.451 e. The second kappa shape index (κ2) is 8.64. The molecule has 0 bridgehead atoms. The highest BCUT2D eigenvalue weighted by Gasteiger charge is 2.37. The normalized spacial score (nSPS) is 13.8. The van der Waals surface area contributed by atoms with Crippen molar-refractivity contribution in [3.05, 3.63) is 71.0 Å². The topological polar surface area (TPSA) is 92.8 Å². The summed E-state index contributed by atoms with van der Waals surface area (Å²) in [5.41, 5.74) is 1.32. The molecule has 1 heterocycles. The first-order chi connectivity index (χ1) is 13.9. The van der Waals surface area contributed by atoms with Crippen LogP contribution < -0.4 is 5.32 Å². The van der Waals surface area contributed by atoms with E-state index in [0.717, 1.165) is 10.5 Å². The number of amides is 3. The van der Waals surface area contributed by atoms with Crippen LogP contribution in [0.4, 0.5) is 4.39 Å². The molecule has 1 atom stereocenters. The van der Waals surface area contributed by atoms with Crippen LogP contribution in [0.1, 0.15) is 33.2 Å². The number of halogens is 1. The fourth-order valence-corrected chi connectivity index (χ4v) is 2.92. The van der Waals surface area contributed by atoms with E-state index in [2.05, 4.69) is 5.32 Å². The van der Waals surface area contributed by atoms with Crippen molar-refractivity contribution in [2.75, 3.05) is 13.1 Å². The number of hydrogen-bond acceptors (Lipinski definition) is 5. The standard InChI is InChI=1S/C21H19FN2O5/c1-13(19(26)23-11-10-14-6-8-15(22)9-7-14)29-18(25)12-24-20(27)16-4-2-3-5-17(16)21(24)28/h2-9,13H,10-12H2,1H3,(H,23,26)/t13-/m0/s1. The lowest BCUT2D eigenvalue weighted by molar-refractivity contribution is -0.154. The third kappa shape index (κ3) is 4.66. The SMILES string of the molecule is C[C@H](OC(=O)CN1C(=O)c2ccccc2C1=O)C(=O)NCCc1ccc(F)cc1. The number of hydrogen-bond donors (Lipinski definition) is 1. The van der Waals surface area contributed by atoms with Crippen LogP contribution >= 0.6 is 0 Å². The van der Waals surface area contributed by atoms with Gasteiger partial charge in [0.15, 0.2) is 6.10 Å². The maximum absolute atomic E-state index is 12.9. The highest BCUT2D eigenvalue weighted by molar-refractivity contribution is 6.22. The molecule has 0 fully saturated rings. The molecule has 3 amide bonds. The first-order valence-electron chi connectivity index (χ1n) is 9.03. The van der Waals surface area contributed by atoms with E-state index < -0.39 is 36.3 Å². The van der Waals surface area contributed by atoms with Crippen LogP contribution in [0, 0.1) is 5.82 Å². The van der Waals surface area contributed by atoms with Gasteiger partial charge in [0.2, 0.25) is 0 Å². The number of rotatable bonds is 7. The molecule has 1 aliphatic heterocycles. The van der Waals surface area contributed by atoms with Crippen LogP contribution in [0.25, 0.3) is 0 Å². The van der Waals surface area contributed by atoms with Crippen molar-refractivity contribution in [1.82, 2.24) is 10.2 Å². The highest BCUT2D eigenvalue weighted by Crippen LogP contribution is 2.22. The summed E-state index contributed by atoms with van der Waals surface area (Å²) in [6, 6.07) is 12.2. The summed E-state index contributed by atoms with van der Waals surface area (Å²) < 4.78 is 17.9. The molecule has 0 saturated heterocycles. The number of ether oxygens (including phenoxy) is 1. The molecule has 0 saturated carbocycles. The predicted molar refractivity (Wildman–Crippen MR) is 100 cm³/mol. The van der Waals surface area contributed by atoms with Crippen LogP contribution in [0.2, 0.25) is 0 Å². The zero-order chi connectivity index (χ0) is 21.0. The first kappa shape index (κ1) is 20.2. The van der Waals surface area contributed by atoms with E-state index >= 15 is 0 Å². The van der Waals surface area contributed by atoms with Gasteiger partial charge in [0.05, 0.1) is 11.1 Å². The molecule has 2 aromatic carbocycles. The molecular weight excluding hydrogens is 379 g/mol. The average molecular weight is 398 g/mol. The summed E-state index contributed by atoms with van der Waals surface area (Å²) in [5.74, 6) is -2.85. The Hall–Kier alpha value is -3.55. The van der Waals surface area contributed by atoms with Gasteiger partial charge in [-0.3, -0.25) is 24.1 Å². The summed E-state index contributed by atoms with van der Waals surface area (Å²) >= 11 is 0. The molecule has 8 heteroatoms. The lowest BCUT2D eigenvalue weighted by Gasteiger charge is -2.16. The number of carbonyl (C=O) groups is 4. The van der Waals surface area contributed by atoms with E-state index in [1.165, 1.54) is 31.2 Å². The number of imide groups is 1. The second-order valence-electron chi connectivity index (χ2n) is 6.54. The number of benzene rings is 2. The van der Waals surface area contributed by atoms with Gasteiger partial charge in [0, 0.05) is 6.54 Å². The lowest BCUT2D eigenvalue weighted by Crippen LogP contribution is -2.40. The van der Waals surface area contributed by atoms with E-state index in [0.29, 0.717) is 6.42 Å². The Morgan fingerprint density at radius 3 is 2.21 bits per heavy atom. The maximum atomic E-state index is 12.9. The molecule has 0 spiro atoms. The van der Waals surface area contributed by atoms with E-state index in [1.54, 1.807) is 24.3 Å². The average Bonchev–Trinajstić information content (AvgIpc) is 2.94. The molecule has 3 rings (SSSR count). The third-order valence-electron chi connectivity index (χ3n) is 4.47. The zero-order valence-electron chi connectivity index (χ0n) is 15.7. The Bertz CT molecular complexity index is 923. The van der Waals surface area contributed by atoms with Crippen molar-refractivity contribution in [2.45, 2.75) is 19.4 Å². The van der Waals surface area contributed by atoms with Gasteiger partial charge in [-0.15, -0.1) is 0 Å². The van der Waals surface area contributed by atoms with Crippen molar-refractivity contribution in [3.8, 4) is 0 Å². The Labute approximate surface area is 166 Å². The summed E-state index contributed by atoms with van der Waals surface area (Å²) in [5, 5.41) is 2.62. The van der Waals surface area contributed by atoms with Gasteiger partial charge in [0.1, 0.15) is 12.4 Å². The fraction of sp³-hybridized carbons (Fsp3) is 0.238. The smallest absolute Gasteiger partial charge is 0.326 e. The van der Waals surface area contributed by atoms with E-state index in [-0.39, 0.29) is 23.5 Å². The van der Waals surface area contributed by atoms with Crippen molar-refractivity contribution in [3.63, 3.8) is 0 Å². The number of fused-ring (bicyclic) bond motifs is 1. The van der Waals surface area contributed by atoms with Crippen molar-refractivity contribution in [2.24, 2.45) is 0 Å². The number of nitrogens with zero attached hydrogens (tertiary/aromatic N) is 1. The van der Waals surface area contributed by atoms with Gasteiger partial charge < -0.3 is 10.1 Å². The van der Waals surface area contributed by atoms with Gasteiger partial charge in [-0.2, -0.15) is 0 Å². The second-order valence-corrected chi connectivity index (χ2v) is 6.54. The van der Waals surface area contributed by atoms with Gasteiger partial charge in [-0.1, -0.05) is 24.3 Å². The minimum atomic E-state index is -1.09. The summed E-state index contributed by atoms with van der Waals surface area (Å²) in [6.07, 6.45) is -0.604. The van der Waals surface area contributed by atoms with E-state index in [4.69, 9.17) is 4.74 Å². The van der Waals surface area contributed by atoms with E-state index in [1.807, 2.05) is 0 Å². The Balaban J connectivity index is 1.46. The summed E-state index contributed by atoms with van der Waals surface area (Å²) in [6.45, 7) is 1.11. The maximum Gasteiger partial charge on any atom is 0.326 e. The molecule has 1 aliphatic rings. The van der Waals surface area contributed by atoms with Crippen LogP contribution in [-0.4, -0.2) is 47.8 Å². The first-order valence-corrected chi connectivity index (χ1v) is 9.03. The van der Waals surface area contributed by atoms with Crippen molar-refractivity contribution < 1.29 is 28.3 Å². The minimum absolute atomic E-state index is 0.233. The zero-order valence-corrected chi connectivity index (χ0v) is 15.7. The van der Waals surface area contributed by atoms with Crippen LogP contribution in [0.15, 0.2) is 48.5 Å². The van der Waals surface area contributed by atoms with Gasteiger partial charge in [-0.25, -0.2) is 4.39 Å². The quantitative estimate of drug-likeness (QED) is 0.566. The molecule has 0 unspecified atom stereocenters. The van der Waals surface area contributed by atoms with Gasteiger partial charge in [-0.05, 0) is 43.2 Å². The molecule has 1 N–H and O–H groups in total. The Kier molecular flexibility index (Phi) is 6.01. The van der Waals surface area contributed by atoms with Crippen LogP contribution in [0.5, 0.6) is 0 Å². The fourth-order valence-electron chi connectivity index (χ4n) is 2.92. The molecular formula is C21H19FN2O5. The Morgan fingerprint density at radius 2 is 1.62 bits per heavy atom. The minimum Gasteiger partial charge on any atom is -0.451 e. The number of nitrogens with one attached hydrogen (secondary N) is 1. The number of esters is 1. The monoisotopic (exact) mass is 398 g/mol. The van der Waals surface area contributed by atoms with E-state index in [9.17, 15) is 23.6 Å². The molecule has 29 heavy (non-hydrogen) atoms. The number of carbonyl (C=O) groups excluding carboxylic acids is 4. The molecule has 150 valence electrons. The molecule has 0 radical (unpaired) electrons. The molecule has 2 aromatic rings. The summed E-state index contributed by atoms with van der Waals surface area (Å²) in [4.78, 5) is 49.5. The van der Waals surface area contributed by atoms with Crippen molar-refractivity contribution in [1.29, 1.82) is 0 Å². The lowest BCUT2D eigenvalue weighted by atomic mass is 10.1.